The van der Waals surface area contributed by atoms with Gasteiger partial charge in [0.1, 0.15) is 5.60 Å². The molecule has 1 atom stereocenters. The van der Waals surface area contributed by atoms with Gasteiger partial charge in [-0.15, -0.1) is 0 Å². The summed E-state index contributed by atoms with van der Waals surface area (Å²) in [7, 11) is 0. The van der Waals surface area contributed by atoms with Crippen LogP contribution < -0.4 is 10.9 Å². The van der Waals surface area contributed by atoms with Gasteiger partial charge in [-0.3, -0.25) is 10.3 Å². The summed E-state index contributed by atoms with van der Waals surface area (Å²) in [5, 5.41) is 0. The maximum atomic E-state index is 11.6. The maximum Gasteiger partial charge on any atom is 0.422 e. The van der Waals surface area contributed by atoms with Gasteiger partial charge in [-0.05, 0) is 32.8 Å². The Hall–Kier alpha value is -1.59. The summed E-state index contributed by atoms with van der Waals surface area (Å²) in [6.45, 7) is 8.45. The molecule has 21 heavy (non-hydrogen) atoms. The molecule has 1 amide bonds. The van der Waals surface area contributed by atoms with Crippen molar-refractivity contribution < 1.29 is 9.53 Å². The molecule has 1 aromatic carbocycles. The topological polar surface area (TPSA) is 53.6 Å². The molecule has 116 valence electrons. The fourth-order valence-electron chi connectivity index (χ4n) is 2.40. The monoisotopic (exact) mass is 291 g/mol. The molecule has 0 saturated carbocycles. The summed E-state index contributed by atoms with van der Waals surface area (Å²) in [5.74, 6) is 0. The van der Waals surface area contributed by atoms with Crippen LogP contribution in [0.4, 0.5) is 4.79 Å². The van der Waals surface area contributed by atoms with Crippen LogP contribution in [0, 0.1) is 0 Å². The highest BCUT2D eigenvalue weighted by atomic mass is 16.6. The Morgan fingerprint density at radius 1 is 1.33 bits per heavy atom. The molecule has 5 nitrogen and oxygen atoms in total. The van der Waals surface area contributed by atoms with Gasteiger partial charge in [0.25, 0.3) is 0 Å². The predicted molar refractivity (Wildman–Crippen MR) is 82.6 cm³/mol. The van der Waals surface area contributed by atoms with E-state index in [-0.39, 0.29) is 6.04 Å². The van der Waals surface area contributed by atoms with Crippen molar-refractivity contribution in [3.05, 3.63) is 35.9 Å². The Morgan fingerprint density at radius 3 is 2.71 bits per heavy atom. The molecular formula is C16H25N3O2. The number of carbonyl (C=O) groups excluding carboxylic acids is 1. The highest BCUT2D eigenvalue weighted by molar-refractivity contribution is 5.67. The number of nitrogens with zero attached hydrogens (tertiary/aromatic N) is 1. The molecule has 1 heterocycles. The van der Waals surface area contributed by atoms with E-state index in [0.29, 0.717) is 0 Å². The lowest BCUT2D eigenvalue weighted by Crippen LogP contribution is -2.47. The van der Waals surface area contributed by atoms with E-state index in [2.05, 4.69) is 40.0 Å². The van der Waals surface area contributed by atoms with Gasteiger partial charge >= 0.3 is 6.09 Å². The number of amides is 1. The number of rotatable bonds is 4. The fourth-order valence-corrected chi connectivity index (χ4v) is 2.40. The lowest BCUT2D eigenvalue weighted by atomic mass is 10.2. The fraction of sp³-hybridized carbons (Fsp3) is 0.562. The number of nitrogens with one attached hydrogen (secondary N) is 2. The highest BCUT2D eigenvalue weighted by Gasteiger charge is 2.23. The van der Waals surface area contributed by atoms with Crippen LogP contribution in [0.5, 0.6) is 0 Å². The number of hydrogen-bond donors (Lipinski definition) is 2. The quantitative estimate of drug-likeness (QED) is 0.836. The molecule has 0 bridgehead atoms. The van der Waals surface area contributed by atoms with Crippen LogP contribution in [0.2, 0.25) is 0 Å². The van der Waals surface area contributed by atoms with E-state index in [1.807, 2.05) is 26.8 Å². The van der Waals surface area contributed by atoms with Crippen molar-refractivity contribution in [2.45, 2.75) is 45.4 Å². The Bertz CT molecular complexity index is 456. The predicted octanol–water partition coefficient (Wildman–Crippen LogP) is 2.29. The van der Waals surface area contributed by atoms with Gasteiger partial charge in [-0.2, -0.15) is 0 Å². The van der Waals surface area contributed by atoms with Crippen molar-refractivity contribution >= 4 is 6.09 Å². The second-order valence-electron chi connectivity index (χ2n) is 6.48. The van der Waals surface area contributed by atoms with Crippen LogP contribution >= 0.6 is 0 Å². The van der Waals surface area contributed by atoms with Gasteiger partial charge in [-0.25, -0.2) is 10.2 Å². The number of carbonyl (C=O) groups is 1. The molecule has 1 unspecified atom stereocenters. The van der Waals surface area contributed by atoms with Crippen molar-refractivity contribution in [3.63, 3.8) is 0 Å². The third kappa shape index (κ3) is 5.73. The molecule has 5 heteroatoms. The Kier molecular flexibility index (Phi) is 5.20. The van der Waals surface area contributed by atoms with Gasteiger partial charge < -0.3 is 4.74 Å². The van der Waals surface area contributed by atoms with Crippen molar-refractivity contribution in [2.75, 3.05) is 13.1 Å². The Balaban J connectivity index is 1.69. The van der Waals surface area contributed by atoms with Crippen LogP contribution in [0.25, 0.3) is 0 Å². The Morgan fingerprint density at radius 2 is 2.05 bits per heavy atom. The first-order chi connectivity index (χ1) is 9.92. The first-order valence-electron chi connectivity index (χ1n) is 7.43. The van der Waals surface area contributed by atoms with Gasteiger partial charge in [0.15, 0.2) is 0 Å². The molecule has 1 saturated heterocycles. The molecule has 1 aliphatic heterocycles. The standard InChI is InChI=1S/C16H25N3O2/c1-16(2,3)21-15(20)18-17-14-9-10-19(12-14)11-13-7-5-4-6-8-13/h4-8,14,17H,9-12H2,1-3H3,(H,18,20). The zero-order valence-electron chi connectivity index (χ0n) is 13.1. The number of benzene rings is 1. The largest absolute Gasteiger partial charge is 0.443 e. The molecule has 0 aliphatic carbocycles. The molecule has 0 radical (unpaired) electrons. The normalized spacial score (nSPS) is 19.5. The van der Waals surface area contributed by atoms with Crippen LogP contribution in [0.15, 0.2) is 30.3 Å². The van der Waals surface area contributed by atoms with Gasteiger partial charge in [0.2, 0.25) is 0 Å². The van der Waals surface area contributed by atoms with E-state index in [9.17, 15) is 4.79 Å². The first kappa shape index (κ1) is 15.8. The number of likely N-dealkylation sites (tertiary alicyclic amines) is 1. The Labute approximate surface area is 126 Å². The molecule has 0 aromatic heterocycles. The smallest absolute Gasteiger partial charge is 0.422 e. The van der Waals surface area contributed by atoms with Gasteiger partial charge in [-0.1, -0.05) is 30.3 Å². The summed E-state index contributed by atoms with van der Waals surface area (Å²) in [4.78, 5) is 14.0. The van der Waals surface area contributed by atoms with E-state index in [1.54, 1.807) is 0 Å². The van der Waals surface area contributed by atoms with E-state index < -0.39 is 11.7 Å². The molecule has 2 rings (SSSR count). The minimum Gasteiger partial charge on any atom is -0.443 e. The van der Waals surface area contributed by atoms with E-state index in [4.69, 9.17) is 4.74 Å². The summed E-state index contributed by atoms with van der Waals surface area (Å²) in [6.07, 6.45) is 0.590. The maximum absolute atomic E-state index is 11.6. The molecule has 2 N–H and O–H groups in total. The average molecular weight is 291 g/mol. The lowest BCUT2D eigenvalue weighted by molar-refractivity contribution is 0.0488. The second kappa shape index (κ2) is 6.91. The van der Waals surface area contributed by atoms with Crippen molar-refractivity contribution in [1.29, 1.82) is 0 Å². The van der Waals surface area contributed by atoms with Crippen molar-refractivity contribution in [2.24, 2.45) is 0 Å². The van der Waals surface area contributed by atoms with Crippen molar-refractivity contribution in [3.8, 4) is 0 Å². The number of hydrazine groups is 1. The molecular weight excluding hydrogens is 266 g/mol. The number of ether oxygens (including phenoxy) is 1. The average Bonchev–Trinajstić information content (AvgIpc) is 2.83. The summed E-state index contributed by atoms with van der Waals surface area (Å²) >= 11 is 0. The van der Waals surface area contributed by atoms with E-state index >= 15 is 0 Å². The minimum atomic E-state index is -0.471. The molecule has 1 aromatic rings. The third-order valence-corrected chi connectivity index (χ3v) is 3.30. The van der Waals surface area contributed by atoms with Gasteiger partial charge in [0, 0.05) is 25.7 Å². The minimum absolute atomic E-state index is 0.265. The summed E-state index contributed by atoms with van der Waals surface area (Å²) in [5.41, 5.74) is 6.53. The van der Waals surface area contributed by atoms with E-state index in [1.165, 1.54) is 5.56 Å². The SMILES string of the molecule is CC(C)(C)OC(=O)NNC1CCN(Cc2ccccc2)C1. The van der Waals surface area contributed by atoms with Crippen LogP contribution in [0.3, 0.4) is 0 Å². The lowest BCUT2D eigenvalue weighted by Gasteiger charge is -2.21. The molecule has 0 spiro atoms. The van der Waals surface area contributed by atoms with Crippen LogP contribution in [-0.2, 0) is 11.3 Å². The first-order valence-corrected chi connectivity index (χ1v) is 7.43. The van der Waals surface area contributed by atoms with E-state index in [0.717, 1.165) is 26.1 Å². The molecule has 1 fully saturated rings. The van der Waals surface area contributed by atoms with Crippen LogP contribution in [0.1, 0.15) is 32.8 Å². The second-order valence-corrected chi connectivity index (χ2v) is 6.48. The van der Waals surface area contributed by atoms with Crippen molar-refractivity contribution in [1.82, 2.24) is 15.8 Å². The zero-order chi connectivity index (χ0) is 15.3. The van der Waals surface area contributed by atoms with Crippen LogP contribution in [-0.4, -0.2) is 35.7 Å². The highest BCUT2D eigenvalue weighted by Crippen LogP contribution is 2.13. The third-order valence-electron chi connectivity index (χ3n) is 3.30. The molecule has 1 aliphatic rings. The summed E-state index contributed by atoms with van der Waals surface area (Å²) < 4.78 is 5.19. The summed E-state index contributed by atoms with van der Waals surface area (Å²) in [6, 6.07) is 10.7. The zero-order valence-corrected chi connectivity index (χ0v) is 13.1. The number of hydrogen-bond acceptors (Lipinski definition) is 4. The van der Waals surface area contributed by atoms with Gasteiger partial charge in [0.05, 0.1) is 0 Å².